The average Bonchev–Trinajstić information content (AvgIpc) is 2.25. The Labute approximate surface area is 86.2 Å². The van der Waals surface area contributed by atoms with E-state index >= 15 is 0 Å². The van der Waals surface area contributed by atoms with Crippen LogP contribution in [0.15, 0.2) is 0 Å². The highest BCUT2D eigenvalue weighted by Crippen LogP contribution is 2.08. The summed E-state index contributed by atoms with van der Waals surface area (Å²) in [7, 11) is 2.03. The molecule has 0 spiro atoms. The smallest absolute Gasteiger partial charge is 0.0698 e. The van der Waals surface area contributed by atoms with E-state index in [1.165, 1.54) is 12.8 Å². The number of aliphatic hydroxyl groups excluding tert-OH is 1. The molecule has 1 rings (SSSR count). The van der Waals surface area contributed by atoms with Crippen molar-refractivity contribution in [3.05, 3.63) is 0 Å². The third-order valence-electron chi connectivity index (χ3n) is 2.78. The first-order valence-electron chi connectivity index (χ1n) is 5.45. The fraction of sp³-hybridized carbons (Fsp3) is 1.00. The fourth-order valence-electron chi connectivity index (χ4n) is 1.81. The van der Waals surface area contributed by atoms with E-state index in [0.717, 1.165) is 26.2 Å². The number of likely N-dealkylation sites (tertiary alicyclic amines) is 1. The van der Waals surface area contributed by atoms with E-state index in [2.05, 4.69) is 10.2 Å². The highest BCUT2D eigenvalue weighted by molar-refractivity contribution is 4.75. The molecule has 2 N–H and O–H groups in total. The van der Waals surface area contributed by atoms with Gasteiger partial charge in [-0.25, -0.2) is 0 Å². The summed E-state index contributed by atoms with van der Waals surface area (Å²) < 4.78 is 5.23. The molecule has 0 bridgehead atoms. The predicted octanol–water partition coefficient (Wildman–Crippen LogP) is -0.321. The molecule has 0 aromatic heterocycles. The molecule has 0 unspecified atom stereocenters. The maximum atomic E-state index is 8.52. The molecule has 4 heteroatoms. The number of hydrogen-bond acceptors (Lipinski definition) is 4. The lowest BCUT2D eigenvalue weighted by atomic mass is 10.1. The number of aliphatic hydroxyl groups is 1. The lowest BCUT2D eigenvalue weighted by Crippen LogP contribution is -2.42. The quantitative estimate of drug-likeness (QED) is 0.579. The highest BCUT2D eigenvalue weighted by Gasteiger charge is 2.16. The van der Waals surface area contributed by atoms with Gasteiger partial charge in [-0.3, -0.25) is 0 Å². The van der Waals surface area contributed by atoms with Crippen molar-refractivity contribution in [3.63, 3.8) is 0 Å². The van der Waals surface area contributed by atoms with Crippen LogP contribution in [0, 0.1) is 0 Å². The number of rotatable bonds is 6. The van der Waals surface area contributed by atoms with Gasteiger partial charge in [0.1, 0.15) is 0 Å². The fourth-order valence-corrected chi connectivity index (χ4v) is 1.81. The molecule has 1 aliphatic rings. The zero-order chi connectivity index (χ0) is 10.2. The van der Waals surface area contributed by atoms with Crippen molar-refractivity contribution in [2.24, 2.45) is 0 Å². The van der Waals surface area contributed by atoms with Gasteiger partial charge in [0.2, 0.25) is 0 Å². The van der Waals surface area contributed by atoms with E-state index in [-0.39, 0.29) is 6.61 Å². The summed E-state index contributed by atoms with van der Waals surface area (Å²) in [6, 6.07) is 0.699. The van der Waals surface area contributed by atoms with Gasteiger partial charge in [0.25, 0.3) is 0 Å². The Bertz CT molecular complexity index is 136. The zero-order valence-corrected chi connectivity index (χ0v) is 9.04. The van der Waals surface area contributed by atoms with Crippen LogP contribution in [0.2, 0.25) is 0 Å². The highest BCUT2D eigenvalue weighted by atomic mass is 16.5. The summed E-state index contributed by atoms with van der Waals surface area (Å²) in [5.41, 5.74) is 0. The van der Waals surface area contributed by atoms with Gasteiger partial charge in [-0.05, 0) is 33.0 Å². The molecule has 1 aliphatic heterocycles. The van der Waals surface area contributed by atoms with Crippen molar-refractivity contribution in [2.45, 2.75) is 18.9 Å². The average molecular weight is 202 g/mol. The van der Waals surface area contributed by atoms with Crippen LogP contribution < -0.4 is 5.32 Å². The largest absolute Gasteiger partial charge is 0.394 e. The molecule has 1 heterocycles. The zero-order valence-electron chi connectivity index (χ0n) is 9.04. The molecular weight excluding hydrogens is 180 g/mol. The Morgan fingerprint density at radius 1 is 1.36 bits per heavy atom. The van der Waals surface area contributed by atoms with Crippen LogP contribution in [0.3, 0.4) is 0 Å². The minimum absolute atomic E-state index is 0.127. The first-order valence-corrected chi connectivity index (χ1v) is 5.45. The molecule has 14 heavy (non-hydrogen) atoms. The number of nitrogens with one attached hydrogen (secondary N) is 1. The summed E-state index contributed by atoms with van der Waals surface area (Å²) in [4.78, 5) is 2.42. The molecular formula is C10H22N2O2. The van der Waals surface area contributed by atoms with Gasteiger partial charge in [0.15, 0.2) is 0 Å². The van der Waals surface area contributed by atoms with Crippen molar-refractivity contribution in [1.29, 1.82) is 0 Å². The van der Waals surface area contributed by atoms with Gasteiger partial charge in [-0.2, -0.15) is 0 Å². The van der Waals surface area contributed by atoms with Crippen molar-refractivity contribution in [2.75, 3.05) is 46.5 Å². The van der Waals surface area contributed by atoms with E-state index in [4.69, 9.17) is 9.84 Å². The van der Waals surface area contributed by atoms with E-state index in [0.29, 0.717) is 12.6 Å². The van der Waals surface area contributed by atoms with Crippen molar-refractivity contribution < 1.29 is 9.84 Å². The van der Waals surface area contributed by atoms with Gasteiger partial charge in [-0.15, -0.1) is 0 Å². The lowest BCUT2D eigenvalue weighted by molar-refractivity contribution is 0.0672. The molecule has 1 saturated heterocycles. The Hall–Kier alpha value is -0.160. The standard InChI is InChI=1S/C10H22N2O2/c1-11-10-2-4-12(5-3-10)6-8-14-9-7-13/h10-11,13H,2-9H2,1H3. The Morgan fingerprint density at radius 3 is 2.64 bits per heavy atom. The lowest BCUT2D eigenvalue weighted by Gasteiger charge is -2.31. The molecule has 0 amide bonds. The van der Waals surface area contributed by atoms with E-state index in [1.54, 1.807) is 0 Å². The molecule has 0 atom stereocenters. The van der Waals surface area contributed by atoms with Crippen LogP contribution in [-0.2, 0) is 4.74 Å². The van der Waals surface area contributed by atoms with Gasteiger partial charge in [-0.1, -0.05) is 0 Å². The van der Waals surface area contributed by atoms with Crippen molar-refractivity contribution in [3.8, 4) is 0 Å². The van der Waals surface area contributed by atoms with Crippen LogP contribution in [0.5, 0.6) is 0 Å². The summed E-state index contributed by atoms with van der Waals surface area (Å²) in [5.74, 6) is 0. The van der Waals surface area contributed by atoms with Crippen LogP contribution in [-0.4, -0.2) is 62.6 Å². The van der Waals surface area contributed by atoms with Crippen LogP contribution in [0.4, 0.5) is 0 Å². The molecule has 0 saturated carbocycles. The Kier molecular flexibility index (Phi) is 6.10. The SMILES string of the molecule is CNC1CCN(CCOCCO)CC1. The van der Waals surface area contributed by atoms with Crippen LogP contribution in [0.25, 0.3) is 0 Å². The predicted molar refractivity (Wildman–Crippen MR) is 56.4 cm³/mol. The normalized spacial score (nSPS) is 20.1. The summed E-state index contributed by atoms with van der Waals surface area (Å²) in [5, 5.41) is 11.8. The minimum Gasteiger partial charge on any atom is -0.394 e. The Balaban J connectivity index is 1.98. The Morgan fingerprint density at radius 2 is 2.07 bits per heavy atom. The van der Waals surface area contributed by atoms with Crippen molar-refractivity contribution in [1.82, 2.24) is 10.2 Å². The number of ether oxygens (including phenoxy) is 1. The third kappa shape index (κ3) is 4.37. The van der Waals surface area contributed by atoms with Crippen LogP contribution in [0.1, 0.15) is 12.8 Å². The molecule has 0 aromatic carbocycles. The van der Waals surface area contributed by atoms with Crippen LogP contribution >= 0.6 is 0 Å². The third-order valence-corrected chi connectivity index (χ3v) is 2.78. The number of piperidine rings is 1. The molecule has 4 nitrogen and oxygen atoms in total. The van der Waals surface area contributed by atoms with E-state index in [1.807, 2.05) is 7.05 Å². The maximum Gasteiger partial charge on any atom is 0.0698 e. The molecule has 0 radical (unpaired) electrons. The van der Waals surface area contributed by atoms with E-state index < -0.39 is 0 Å². The van der Waals surface area contributed by atoms with E-state index in [9.17, 15) is 0 Å². The topological polar surface area (TPSA) is 44.7 Å². The summed E-state index contributed by atoms with van der Waals surface area (Å²) >= 11 is 0. The minimum atomic E-state index is 0.127. The van der Waals surface area contributed by atoms with Gasteiger partial charge in [0, 0.05) is 12.6 Å². The molecule has 0 aromatic rings. The second-order valence-electron chi connectivity index (χ2n) is 3.74. The van der Waals surface area contributed by atoms with Crippen molar-refractivity contribution >= 4 is 0 Å². The first kappa shape index (κ1) is 11.9. The van der Waals surface area contributed by atoms with Gasteiger partial charge >= 0.3 is 0 Å². The van der Waals surface area contributed by atoms with Gasteiger partial charge in [0.05, 0.1) is 19.8 Å². The second kappa shape index (κ2) is 7.17. The first-order chi connectivity index (χ1) is 6.86. The summed E-state index contributed by atoms with van der Waals surface area (Å²) in [6.07, 6.45) is 2.47. The second-order valence-corrected chi connectivity index (χ2v) is 3.74. The molecule has 1 fully saturated rings. The number of hydrogen-bond donors (Lipinski definition) is 2. The molecule has 84 valence electrons. The maximum absolute atomic E-state index is 8.52. The monoisotopic (exact) mass is 202 g/mol. The molecule has 0 aliphatic carbocycles. The van der Waals surface area contributed by atoms with Gasteiger partial charge < -0.3 is 20.1 Å². The summed E-state index contributed by atoms with van der Waals surface area (Å²) in [6.45, 7) is 4.65. The number of nitrogens with zero attached hydrogens (tertiary/aromatic N) is 1.